The lowest BCUT2D eigenvalue weighted by atomic mass is 10.1. The van der Waals surface area contributed by atoms with Crippen LogP contribution in [0.4, 0.5) is 5.69 Å². The van der Waals surface area contributed by atoms with Gasteiger partial charge in [-0.25, -0.2) is 0 Å². The van der Waals surface area contributed by atoms with Gasteiger partial charge in [-0.1, -0.05) is 0 Å². The number of hydrogen-bond acceptors (Lipinski definition) is 4. The van der Waals surface area contributed by atoms with Crippen molar-refractivity contribution in [2.24, 2.45) is 0 Å². The maximum atomic E-state index is 12.0. The van der Waals surface area contributed by atoms with Crippen molar-refractivity contribution in [1.82, 2.24) is 10.3 Å². The summed E-state index contributed by atoms with van der Waals surface area (Å²) >= 11 is 0. The number of nitrogens with zero attached hydrogens (tertiary/aromatic N) is 1. The highest BCUT2D eigenvalue weighted by atomic mass is 16.3. The van der Waals surface area contributed by atoms with Gasteiger partial charge in [0.15, 0.2) is 0 Å². The number of aryl methyl sites for hydroxylation is 1. The van der Waals surface area contributed by atoms with E-state index in [1.165, 1.54) is 6.20 Å². The third-order valence-corrected chi connectivity index (χ3v) is 2.88. The predicted molar refractivity (Wildman–Crippen MR) is 72.6 cm³/mol. The molecule has 0 aromatic carbocycles. The van der Waals surface area contributed by atoms with Crippen molar-refractivity contribution < 1.29 is 9.21 Å². The molecule has 1 amide bonds. The molecule has 5 nitrogen and oxygen atoms in total. The summed E-state index contributed by atoms with van der Waals surface area (Å²) in [5, 5.41) is 2.91. The second kappa shape index (κ2) is 6.04. The van der Waals surface area contributed by atoms with Crippen LogP contribution in [0, 0.1) is 0 Å². The number of pyridine rings is 1. The maximum absolute atomic E-state index is 12.0. The highest BCUT2D eigenvalue weighted by Crippen LogP contribution is 2.10. The van der Waals surface area contributed by atoms with Crippen molar-refractivity contribution in [3.05, 3.63) is 48.2 Å². The van der Waals surface area contributed by atoms with Gasteiger partial charge in [-0.3, -0.25) is 9.78 Å². The lowest BCUT2D eigenvalue weighted by molar-refractivity contribution is 0.0939. The maximum Gasteiger partial charge on any atom is 0.253 e. The largest absolute Gasteiger partial charge is 0.469 e. The zero-order valence-corrected chi connectivity index (χ0v) is 10.8. The quantitative estimate of drug-likeness (QED) is 0.860. The van der Waals surface area contributed by atoms with Gasteiger partial charge in [-0.2, -0.15) is 0 Å². The molecule has 0 saturated carbocycles. The van der Waals surface area contributed by atoms with Crippen LogP contribution in [0.5, 0.6) is 0 Å². The van der Waals surface area contributed by atoms with Gasteiger partial charge in [0.05, 0.1) is 23.7 Å². The van der Waals surface area contributed by atoms with E-state index in [1.54, 1.807) is 18.5 Å². The Balaban J connectivity index is 1.87. The number of nitrogens with one attached hydrogen (secondary N) is 1. The van der Waals surface area contributed by atoms with Crippen LogP contribution in [0.3, 0.4) is 0 Å². The van der Waals surface area contributed by atoms with Crippen molar-refractivity contribution >= 4 is 11.6 Å². The first kappa shape index (κ1) is 13.1. The Labute approximate surface area is 111 Å². The Morgan fingerprint density at radius 2 is 2.37 bits per heavy atom. The molecule has 2 aromatic rings. The second-order valence-electron chi connectivity index (χ2n) is 4.46. The lowest BCUT2D eigenvalue weighted by Crippen LogP contribution is -2.33. The molecular weight excluding hydrogens is 242 g/mol. The van der Waals surface area contributed by atoms with Crippen LogP contribution in [0.1, 0.15) is 29.5 Å². The summed E-state index contributed by atoms with van der Waals surface area (Å²) in [5.41, 5.74) is 6.56. The highest BCUT2D eigenvalue weighted by Gasteiger charge is 2.12. The number of amides is 1. The number of nitrogen functional groups attached to an aromatic ring is 1. The smallest absolute Gasteiger partial charge is 0.253 e. The van der Waals surface area contributed by atoms with E-state index in [0.717, 1.165) is 18.6 Å². The van der Waals surface area contributed by atoms with Crippen molar-refractivity contribution in [1.29, 1.82) is 0 Å². The summed E-state index contributed by atoms with van der Waals surface area (Å²) in [4.78, 5) is 15.9. The summed E-state index contributed by atoms with van der Waals surface area (Å²) in [6, 6.07) is 5.44. The number of rotatable bonds is 5. The van der Waals surface area contributed by atoms with E-state index in [1.807, 2.05) is 19.1 Å². The molecule has 3 N–H and O–H groups in total. The molecule has 2 rings (SSSR count). The van der Waals surface area contributed by atoms with Crippen molar-refractivity contribution in [3.8, 4) is 0 Å². The molecule has 19 heavy (non-hydrogen) atoms. The third-order valence-electron chi connectivity index (χ3n) is 2.88. The van der Waals surface area contributed by atoms with Crippen molar-refractivity contribution in [3.63, 3.8) is 0 Å². The fraction of sp³-hybridized carbons (Fsp3) is 0.286. The summed E-state index contributed by atoms with van der Waals surface area (Å²) < 4.78 is 5.25. The van der Waals surface area contributed by atoms with Crippen LogP contribution in [0.25, 0.3) is 0 Å². The van der Waals surface area contributed by atoms with E-state index in [2.05, 4.69) is 10.3 Å². The molecular formula is C14H17N3O2. The highest BCUT2D eigenvalue weighted by molar-refractivity contribution is 5.98. The normalized spacial score (nSPS) is 12.1. The standard InChI is InChI=1S/C14H17N3O2/c1-10(4-5-11-3-2-8-19-11)17-14(18)12-6-7-16-9-13(12)15/h2-3,6-10H,4-5,15H2,1H3,(H,17,18). The minimum absolute atomic E-state index is 0.0464. The van der Waals surface area contributed by atoms with Gasteiger partial charge in [0.1, 0.15) is 5.76 Å². The molecule has 1 atom stereocenters. The van der Waals surface area contributed by atoms with E-state index in [0.29, 0.717) is 11.3 Å². The van der Waals surface area contributed by atoms with Gasteiger partial charge in [0.2, 0.25) is 0 Å². The van der Waals surface area contributed by atoms with E-state index in [4.69, 9.17) is 10.2 Å². The van der Waals surface area contributed by atoms with Crippen LogP contribution in [0.15, 0.2) is 41.3 Å². The Morgan fingerprint density at radius 3 is 3.05 bits per heavy atom. The van der Waals surface area contributed by atoms with Gasteiger partial charge < -0.3 is 15.5 Å². The molecule has 0 aliphatic rings. The molecule has 0 radical (unpaired) electrons. The predicted octanol–water partition coefficient (Wildman–Crippen LogP) is 2.01. The van der Waals surface area contributed by atoms with Crippen LogP contribution < -0.4 is 11.1 Å². The number of hydrogen-bond donors (Lipinski definition) is 2. The number of nitrogens with two attached hydrogens (primary N) is 1. The summed E-state index contributed by atoms with van der Waals surface area (Å²) in [6.45, 7) is 1.96. The third kappa shape index (κ3) is 3.58. The average Bonchev–Trinajstić information content (AvgIpc) is 2.90. The Kier molecular flexibility index (Phi) is 4.18. The van der Waals surface area contributed by atoms with Gasteiger partial charge in [0.25, 0.3) is 5.91 Å². The molecule has 0 aliphatic heterocycles. The number of aromatic nitrogens is 1. The first-order valence-corrected chi connectivity index (χ1v) is 6.19. The molecule has 2 aromatic heterocycles. The number of carbonyl (C=O) groups is 1. The van der Waals surface area contributed by atoms with Crippen LogP contribution in [-0.4, -0.2) is 16.9 Å². The molecule has 0 saturated heterocycles. The topological polar surface area (TPSA) is 81.2 Å². The van der Waals surface area contributed by atoms with Gasteiger partial charge >= 0.3 is 0 Å². The average molecular weight is 259 g/mol. The molecule has 0 aliphatic carbocycles. The second-order valence-corrected chi connectivity index (χ2v) is 4.46. The van der Waals surface area contributed by atoms with Crippen LogP contribution in [-0.2, 0) is 6.42 Å². The summed E-state index contributed by atoms with van der Waals surface area (Å²) in [6.07, 6.45) is 6.28. The number of furan rings is 1. The fourth-order valence-corrected chi connectivity index (χ4v) is 1.80. The van der Waals surface area contributed by atoms with E-state index < -0.39 is 0 Å². The minimum Gasteiger partial charge on any atom is -0.469 e. The SMILES string of the molecule is CC(CCc1ccco1)NC(=O)c1ccncc1N. The van der Waals surface area contributed by atoms with Crippen LogP contribution >= 0.6 is 0 Å². The van der Waals surface area contributed by atoms with Gasteiger partial charge in [0, 0.05) is 18.7 Å². The van der Waals surface area contributed by atoms with E-state index >= 15 is 0 Å². The zero-order valence-electron chi connectivity index (χ0n) is 10.8. The van der Waals surface area contributed by atoms with Crippen LogP contribution in [0.2, 0.25) is 0 Å². The minimum atomic E-state index is -0.174. The molecule has 5 heteroatoms. The molecule has 100 valence electrons. The summed E-state index contributed by atoms with van der Waals surface area (Å²) in [5.74, 6) is 0.747. The Bertz CT molecular complexity index is 537. The molecule has 0 spiro atoms. The number of carbonyl (C=O) groups excluding carboxylic acids is 1. The summed E-state index contributed by atoms with van der Waals surface area (Å²) in [7, 11) is 0. The molecule has 0 bridgehead atoms. The van der Waals surface area contributed by atoms with Crippen molar-refractivity contribution in [2.75, 3.05) is 5.73 Å². The van der Waals surface area contributed by atoms with Crippen molar-refractivity contribution in [2.45, 2.75) is 25.8 Å². The molecule has 2 heterocycles. The first-order chi connectivity index (χ1) is 9.16. The molecule has 0 fully saturated rings. The zero-order chi connectivity index (χ0) is 13.7. The molecule has 1 unspecified atom stereocenters. The fourth-order valence-electron chi connectivity index (χ4n) is 1.80. The number of anilines is 1. The van der Waals surface area contributed by atoms with E-state index in [-0.39, 0.29) is 11.9 Å². The Hall–Kier alpha value is -2.30. The first-order valence-electron chi connectivity index (χ1n) is 6.19. The monoisotopic (exact) mass is 259 g/mol. The van der Waals surface area contributed by atoms with Gasteiger partial charge in [-0.05, 0) is 31.5 Å². The lowest BCUT2D eigenvalue weighted by Gasteiger charge is -2.13. The van der Waals surface area contributed by atoms with Gasteiger partial charge in [-0.15, -0.1) is 0 Å². The Morgan fingerprint density at radius 1 is 1.53 bits per heavy atom. The van der Waals surface area contributed by atoms with E-state index in [9.17, 15) is 4.79 Å².